The van der Waals surface area contributed by atoms with Gasteiger partial charge in [0.15, 0.2) is 11.5 Å². The van der Waals surface area contributed by atoms with Crippen molar-refractivity contribution in [3.05, 3.63) is 90.1 Å². The second-order valence-corrected chi connectivity index (χ2v) is 10.4. The summed E-state index contributed by atoms with van der Waals surface area (Å²) < 4.78 is 1.99. The zero-order chi connectivity index (χ0) is 27.9. The molecular weight excluding hydrogens is 538 g/mol. The minimum absolute atomic E-state index is 0. The molecule has 1 saturated carbocycles. The molecule has 10 heteroatoms. The Hall–Kier alpha value is -4.31. The van der Waals surface area contributed by atoms with Gasteiger partial charge in [-0.1, -0.05) is 24.3 Å². The predicted molar refractivity (Wildman–Crippen MR) is 163 cm³/mol. The molecule has 0 aliphatic heterocycles. The summed E-state index contributed by atoms with van der Waals surface area (Å²) >= 11 is 0. The first-order valence-corrected chi connectivity index (χ1v) is 13.4. The fraction of sp³-hybridized carbons (Fsp3) is 0.226. The van der Waals surface area contributed by atoms with Gasteiger partial charge >= 0.3 is 0 Å². The lowest BCUT2D eigenvalue weighted by molar-refractivity contribution is 0.0924. The second kappa shape index (κ2) is 11.3. The van der Waals surface area contributed by atoms with E-state index in [-0.39, 0.29) is 30.4 Å². The van der Waals surface area contributed by atoms with Gasteiger partial charge in [-0.3, -0.25) is 9.36 Å². The highest BCUT2D eigenvalue weighted by atomic mass is 35.5. The lowest BCUT2D eigenvalue weighted by atomic mass is 9.73. The van der Waals surface area contributed by atoms with Gasteiger partial charge in [0, 0.05) is 35.1 Å². The van der Waals surface area contributed by atoms with Crippen LogP contribution >= 0.6 is 12.4 Å². The lowest BCUT2D eigenvalue weighted by Gasteiger charge is -2.38. The van der Waals surface area contributed by atoms with Crippen LogP contribution in [0.4, 0.5) is 5.82 Å². The third-order valence-corrected chi connectivity index (χ3v) is 7.51. The van der Waals surface area contributed by atoms with Crippen LogP contribution in [0.1, 0.15) is 42.1 Å². The van der Waals surface area contributed by atoms with Gasteiger partial charge in [-0.15, -0.1) is 12.4 Å². The molecule has 1 atom stereocenters. The van der Waals surface area contributed by atoms with Gasteiger partial charge in [0.1, 0.15) is 11.3 Å². The quantitative estimate of drug-likeness (QED) is 0.224. The third kappa shape index (κ3) is 5.39. The van der Waals surface area contributed by atoms with E-state index in [1.807, 2.05) is 53.1 Å². The normalized spacial score (nSPS) is 14.6. The average molecular weight is 570 g/mol. The van der Waals surface area contributed by atoms with E-state index in [2.05, 4.69) is 22.4 Å². The highest BCUT2D eigenvalue weighted by molar-refractivity contribution is 5.95. The van der Waals surface area contributed by atoms with E-state index in [1.165, 1.54) is 0 Å². The smallest absolute Gasteiger partial charge is 0.251 e. The van der Waals surface area contributed by atoms with Crippen molar-refractivity contribution in [3.63, 3.8) is 0 Å². The highest BCUT2D eigenvalue weighted by Crippen LogP contribution is 2.39. The summed E-state index contributed by atoms with van der Waals surface area (Å²) in [6.45, 7) is 1.80. The zero-order valence-electron chi connectivity index (χ0n) is 22.6. The summed E-state index contributed by atoms with van der Waals surface area (Å²) in [5, 5.41) is 12.3. The summed E-state index contributed by atoms with van der Waals surface area (Å²) in [6.07, 6.45) is 4.14. The molecule has 0 spiro atoms. The molecule has 210 valence electrons. The molecule has 41 heavy (non-hydrogen) atoms. The first kappa shape index (κ1) is 28.2. The molecule has 6 rings (SSSR count). The summed E-state index contributed by atoms with van der Waals surface area (Å²) in [6, 6.07) is 23.0. The number of nitrogens with zero attached hydrogens (tertiary/aromatic N) is 4. The minimum Gasteiger partial charge on any atom is -0.392 e. The molecule has 0 saturated heterocycles. The van der Waals surface area contributed by atoms with Gasteiger partial charge in [0.2, 0.25) is 0 Å². The van der Waals surface area contributed by atoms with Crippen LogP contribution in [0.2, 0.25) is 0 Å². The number of imidazole rings is 1. The number of halogens is 1. The van der Waals surface area contributed by atoms with Crippen molar-refractivity contribution in [2.24, 2.45) is 5.73 Å². The number of pyridine rings is 2. The number of hydrogen-bond donors (Lipinski definition) is 4. The zero-order valence-corrected chi connectivity index (χ0v) is 23.4. The number of fused-ring (bicyclic) bond motifs is 1. The molecule has 3 aromatic heterocycles. The van der Waals surface area contributed by atoms with Crippen LogP contribution in [0, 0.1) is 0 Å². The molecular formula is C31H32ClN7O2. The van der Waals surface area contributed by atoms with Crippen molar-refractivity contribution in [3.8, 4) is 28.3 Å². The molecule has 1 unspecified atom stereocenters. The Bertz CT molecular complexity index is 1710. The molecule has 0 bridgehead atoms. The van der Waals surface area contributed by atoms with Gasteiger partial charge < -0.3 is 21.9 Å². The Morgan fingerprint density at radius 2 is 1.85 bits per heavy atom. The van der Waals surface area contributed by atoms with Crippen LogP contribution in [0.3, 0.4) is 0 Å². The van der Waals surface area contributed by atoms with Crippen molar-refractivity contribution in [2.45, 2.75) is 37.8 Å². The Morgan fingerprint density at radius 3 is 2.54 bits per heavy atom. The Labute approximate surface area is 244 Å². The summed E-state index contributed by atoms with van der Waals surface area (Å²) in [5.74, 6) is 0.755. The topological polar surface area (TPSA) is 145 Å². The summed E-state index contributed by atoms with van der Waals surface area (Å²) in [4.78, 5) is 26.8. The van der Waals surface area contributed by atoms with Crippen LogP contribution in [0.25, 0.3) is 39.5 Å². The van der Waals surface area contributed by atoms with E-state index in [4.69, 9.17) is 21.4 Å². The SMILES string of the molecule is CC(O)CNC(=O)c1cccc(-c2ccc3nc(-c4cccnc4N)n(-c4ccc(C5(N)CCC5)cc4)c3n2)c1.Cl. The number of aliphatic hydroxyl groups is 1. The van der Waals surface area contributed by atoms with Crippen LogP contribution in [0.15, 0.2) is 79.0 Å². The number of benzene rings is 2. The first-order valence-electron chi connectivity index (χ1n) is 13.4. The van der Waals surface area contributed by atoms with Crippen molar-refractivity contribution >= 4 is 35.3 Å². The molecule has 1 aliphatic rings. The molecule has 6 N–H and O–H groups in total. The molecule has 3 heterocycles. The maximum absolute atomic E-state index is 12.6. The Balaban J connectivity index is 0.00000337. The maximum Gasteiger partial charge on any atom is 0.251 e. The number of aliphatic hydroxyl groups excluding tert-OH is 1. The maximum atomic E-state index is 12.6. The fourth-order valence-corrected chi connectivity index (χ4v) is 5.10. The van der Waals surface area contributed by atoms with Gasteiger partial charge in [-0.25, -0.2) is 15.0 Å². The fourth-order valence-electron chi connectivity index (χ4n) is 5.10. The van der Waals surface area contributed by atoms with Crippen molar-refractivity contribution < 1.29 is 9.90 Å². The lowest BCUT2D eigenvalue weighted by Crippen LogP contribution is -2.43. The molecule has 0 radical (unpaired) electrons. The van der Waals surface area contributed by atoms with Crippen LogP contribution in [-0.2, 0) is 5.54 Å². The predicted octanol–water partition coefficient (Wildman–Crippen LogP) is 4.60. The minimum atomic E-state index is -0.627. The van der Waals surface area contributed by atoms with E-state index in [1.54, 1.807) is 25.3 Å². The van der Waals surface area contributed by atoms with Gasteiger partial charge in [-0.05, 0) is 80.3 Å². The number of rotatable bonds is 7. The van der Waals surface area contributed by atoms with Gasteiger partial charge in [-0.2, -0.15) is 0 Å². The van der Waals surface area contributed by atoms with E-state index in [9.17, 15) is 9.90 Å². The number of carbonyl (C=O) groups excluding carboxylic acids is 1. The second-order valence-electron chi connectivity index (χ2n) is 10.4. The number of anilines is 1. The molecule has 1 aliphatic carbocycles. The molecule has 1 amide bonds. The summed E-state index contributed by atoms with van der Waals surface area (Å²) in [5.41, 5.74) is 18.6. The van der Waals surface area contributed by atoms with Gasteiger partial charge in [0.25, 0.3) is 5.91 Å². The largest absolute Gasteiger partial charge is 0.392 e. The standard InChI is InChI=1S/C31H31N7O2.ClH/c1-19(39)18-35-30(40)21-6-2-5-20(17-21)25-12-13-26-29(36-25)38(28(37-26)24-7-3-16-34-27(24)32)23-10-8-22(9-11-23)31(33)14-4-15-31;/h2-3,5-13,16-17,19,39H,4,14-15,18,33H2,1H3,(H2,32,34)(H,35,40);1H. The van der Waals surface area contributed by atoms with E-state index >= 15 is 0 Å². The number of carbonyl (C=O) groups is 1. The Morgan fingerprint density at radius 1 is 1.07 bits per heavy atom. The summed E-state index contributed by atoms with van der Waals surface area (Å²) in [7, 11) is 0. The first-order chi connectivity index (χ1) is 19.3. The number of nitrogens with one attached hydrogen (secondary N) is 1. The highest BCUT2D eigenvalue weighted by Gasteiger charge is 2.34. The van der Waals surface area contributed by atoms with Crippen LogP contribution in [0.5, 0.6) is 0 Å². The van der Waals surface area contributed by atoms with E-state index in [0.29, 0.717) is 39.6 Å². The van der Waals surface area contributed by atoms with Gasteiger partial charge in [0.05, 0.1) is 17.4 Å². The third-order valence-electron chi connectivity index (χ3n) is 7.51. The number of nitrogen functional groups attached to an aromatic ring is 1. The monoisotopic (exact) mass is 569 g/mol. The Kier molecular flexibility index (Phi) is 7.77. The van der Waals surface area contributed by atoms with Crippen LogP contribution in [-0.4, -0.2) is 43.2 Å². The van der Waals surface area contributed by atoms with E-state index < -0.39 is 6.10 Å². The van der Waals surface area contributed by atoms with Crippen molar-refractivity contribution in [1.82, 2.24) is 24.8 Å². The van der Waals surface area contributed by atoms with Crippen molar-refractivity contribution in [1.29, 1.82) is 0 Å². The number of aromatic nitrogens is 4. The van der Waals surface area contributed by atoms with Crippen LogP contribution < -0.4 is 16.8 Å². The molecule has 2 aromatic carbocycles. The molecule has 9 nitrogen and oxygen atoms in total. The molecule has 5 aromatic rings. The van der Waals surface area contributed by atoms with E-state index in [0.717, 1.165) is 36.1 Å². The molecule has 1 fully saturated rings. The number of amides is 1. The average Bonchev–Trinajstić information content (AvgIpc) is 3.33. The van der Waals surface area contributed by atoms with Crippen molar-refractivity contribution in [2.75, 3.05) is 12.3 Å². The number of nitrogens with two attached hydrogens (primary N) is 2. The number of hydrogen-bond acceptors (Lipinski definition) is 7.